The van der Waals surface area contributed by atoms with Gasteiger partial charge in [-0.05, 0) is 29.8 Å². The molecule has 0 aliphatic carbocycles. The molecule has 2 aromatic rings. The Bertz CT molecular complexity index is 715. The van der Waals surface area contributed by atoms with Crippen LogP contribution in [-0.4, -0.2) is 26.2 Å². The van der Waals surface area contributed by atoms with E-state index in [1.807, 2.05) is 6.07 Å². The monoisotopic (exact) mass is 329 g/mol. The Morgan fingerprint density at radius 3 is 2.38 bits per heavy atom. The van der Waals surface area contributed by atoms with Crippen molar-refractivity contribution in [3.63, 3.8) is 0 Å². The molecule has 0 spiro atoms. The van der Waals surface area contributed by atoms with Crippen LogP contribution in [0.3, 0.4) is 0 Å². The third-order valence-corrected chi connectivity index (χ3v) is 3.44. The number of ether oxygens (including phenoxy) is 3. The molecule has 2 N–H and O–H groups in total. The van der Waals surface area contributed by atoms with Crippen molar-refractivity contribution in [1.29, 1.82) is 0 Å². The number of rotatable bonds is 6. The van der Waals surface area contributed by atoms with Crippen molar-refractivity contribution in [1.82, 2.24) is 0 Å². The van der Waals surface area contributed by atoms with E-state index < -0.39 is 18.0 Å². The fourth-order valence-corrected chi connectivity index (χ4v) is 2.12. The first-order valence-electron chi connectivity index (χ1n) is 7.32. The van der Waals surface area contributed by atoms with Gasteiger partial charge in [-0.1, -0.05) is 24.3 Å². The fraction of sp³-hybridized carbons (Fsp3) is 0.222. The summed E-state index contributed by atoms with van der Waals surface area (Å²) in [5, 5.41) is 0. The van der Waals surface area contributed by atoms with Crippen molar-refractivity contribution < 1.29 is 23.8 Å². The van der Waals surface area contributed by atoms with Crippen molar-refractivity contribution in [3.05, 3.63) is 59.7 Å². The van der Waals surface area contributed by atoms with E-state index >= 15 is 0 Å². The number of esters is 2. The van der Waals surface area contributed by atoms with Gasteiger partial charge in [0.25, 0.3) is 0 Å². The van der Waals surface area contributed by atoms with Gasteiger partial charge in [0.1, 0.15) is 0 Å². The molecule has 0 radical (unpaired) electrons. The van der Waals surface area contributed by atoms with E-state index in [2.05, 4.69) is 4.74 Å². The zero-order valence-electron chi connectivity index (χ0n) is 13.5. The van der Waals surface area contributed by atoms with Crippen LogP contribution in [0.5, 0.6) is 11.5 Å². The van der Waals surface area contributed by atoms with Gasteiger partial charge in [0.15, 0.2) is 11.5 Å². The molecule has 1 atom stereocenters. The molecule has 0 fully saturated rings. The van der Waals surface area contributed by atoms with Crippen LogP contribution in [-0.2, 0) is 9.53 Å². The second kappa shape index (κ2) is 8.12. The molecule has 24 heavy (non-hydrogen) atoms. The smallest absolute Gasteiger partial charge is 0.343 e. The molecule has 0 aliphatic rings. The van der Waals surface area contributed by atoms with Crippen molar-refractivity contribution >= 4 is 11.9 Å². The number of hydrogen-bond donors (Lipinski definition) is 1. The maximum Gasteiger partial charge on any atom is 0.343 e. The summed E-state index contributed by atoms with van der Waals surface area (Å²) in [5.41, 5.74) is 7.05. The third-order valence-electron chi connectivity index (χ3n) is 3.44. The van der Waals surface area contributed by atoms with Crippen molar-refractivity contribution in [2.45, 2.75) is 12.5 Å². The van der Waals surface area contributed by atoms with E-state index in [0.29, 0.717) is 16.9 Å². The molecule has 0 amide bonds. The molecular formula is C18H19NO5. The van der Waals surface area contributed by atoms with Crippen LogP contribution in [0.1, 0.15) is 28.4 Å². The van der Waals surface area contributed by atoms with Crippen molar-refractivity contribution in [3.8, 4) is 11.5 Å². The summed E-state index contributed by atoms with van der Waals surface area (Å²) in [6.07, 6.45) is 0.0227. The number of nitrogens with two attached hydrogens (primary N) is 1. The van der Waals surface area contributed by atoms with Gasteiger partial charge in [0, 0.05) is 6.04 Å². The predicted octanol–water partition coefficient (Wildman–Crippen LogP) is 2.48. The highest BCUT2D eigenvalue weighted by atomic mass is 16.6. The minimum Gasteiger partial charge on any atom is -0.493 e. The average molecular weight is 329 g/mol. The van der Waals surface area contributed by atoms with Crippen LogP contribution >= 0.6 is 0 Å². The molecule has 1 unspecified atom stereocenters. The highest BCUT2D eigenvalue weighted by Crippen LogP contribution is 2.31. The molecule has 0 heterocycles. The van der Waals surface area contributed by atoms with Crippen LogP contribution in [0.15, 0.2) is 48.5 Å². The molecule has 0 bridgehead atoms. The Morgan fingerprint density at radius 2 is 1.75 bits per heavy atom. The summed E-state index contributed by atoms with van der Waals surface area (Å²) in [5.74, 6) is -0.286. The topological polar surface area (TPSA) is 87.8 Å². The lowest BCUT2D eigenvalue weighted by Gasteiger charge is -2.14. The standard InChI is InChI=1S/C18H19NO5/c1-22-15-9-8-13(14(19)11-17(20)23-2)10-16(15)24-18(21)12-6-4-3-5-7-12/h3-10,14H,11,19H2,1-2H3. The average Bonchev–Trinajstić information content (AvgIpc) is 2.62. The van der Waals surface area contributed by atoms with Gasteiger partial charge >= 0.3 is 11.9 Å². The first-order valence-corrected chi connectivity index (χ1v) is 7.32. The Labute approximate surface area is 140 Å². The third kappa shape index (κ3) is 4.33. The summed E-state index contributed by atoms with van der Waals surface area (Å²) >= 11 is 0. The second-order valence-electron chi connectivity index (χ2n) is 5.05. The van der Waals surface area contributed by atoms with E-state index in [0.717, 1.165) is 0 Å². The van der Waals surface area contributed by atoms with E-state index in [4.69, 9.17) is 15.2 Å². The Hall–Kier alpha value is -2.86. The van der Waals surface area contributed by atoms with Gasteiger partial charge in [0.2, 0.25) is 0 Å². The van der Waals surface area contributed by atoms with Crippen molar-refractivity contribution in [2.24, 2.45) is 5.73 Å². The fourth-order valence-electron chi connectivity index (χ4n) is 2.12. The van der Waals surface area contributed by atoms with Gasteiger partial charge in [-0.25, -0.2) is 4.79 Å². The van der Waals surface area contributed by atoms with Crippen LogP contribution < -0.4 is 15.2 Å². The van der Waals surface area contributed by atoms with Gasteiger partial charge in [-0.3, -0.25) is 4.79 Å². The number of methoxy groups -OCH3 is 2. The van der Waals surface area contributed by atoms with Crippen LogP contribution in [0, 0.1) is 0 Å². The Kier molecular flexibility index (Phi) is 5.92. The van der Waals surface area contributed by atoms with Crippen LogP contribution in [0.2, 0.25) is 0 Å². The molecule has 126 valence electrons. The summed E-state index contributed by atoms with van der Waals surface area (Å²) < 4.78 is 15.2. The first kappa shape index (κ1) is 17.5. The van der Waals surface area contributed by atoms with E-state index in [9.17, 15) is 9.59 Å². The number of hydrogen-bond acceptors (Lipinski definition) is 6. The molecule has 2 aromatic carbocycles. The van der Waals surface area contributed by atoms with Crippen LogP contribution in [0.25, 0.3) is 0 Å². The number of benzene rings is 2. The molecule has 6 heteroatoms. The van der Waals surface area contributed by atoms with Crippen molar-refractivity contribution in [2.75, 3.05) is 14.2 Å². The maximum atomic E-state index is 12.2. The zero-order chi connectivity index (χ0) is 17.5. The molecular weight excluding hydrogens is 310 g/mol. The zero-order valence-corrected chi connectivity index (χ0v) is 13.5. The Morgan fingerprint density at radius 1 is 1.04 bits per heavy atom. The quantitative estimate of drug-likeness (QED) is 0.647. The maximum absolute atomic E-state index is 12.2. The van der Waals surface area contributed by atoms with E-state index in [1.54, 1.807) is 42.5 Å². The van der Waals surface area contributed by atoms with E-state index in [1.165, 1.54) is 14.2 Å². The number of carbonyl (C=O) groups excluding carboxylic acids is 2. The lowest BCUT2D eigenvalue weighted by atomic mass is 10.0. The minimum atomic E-state index is -0.572. The lowest BCUT2D eigenvalue weighted by Crippen LogP contribution is -2.17. The summed E-state index contributed by atoms with van der Waals surface area (Å²) in [6.45, 7) is 0. The predicted molar refractivity (Wildman–Crippen MR) is 88.0 cm³/mol. The minimum absolute atomic E-state index is 0.0227. The Balaban J connectivity index is 2.23. The SMILES string of the molecule is COC(=O)CC(N)c1ccc(OC)c(OC(=O)c2ccccc2)c1. The summed E-state index contributed by atoms with van der Waals surface area (Å²) in [7, 11) is 2.78. The van der Waals surface area contributed by atoms with Gasteiger partial charge < -0.3 is 19.9 Å². The largest absolute Gasteiger partial charge is 0.493 e. The summed E-state index contributed by atoms with van der Waals surface area (Å²) in [4.78, 5) is 23.6. The second-order valence-corrected chi connectivity index (χ2v) is 5.05. The number of carbonyl (C=O) groups is 2. The normalized spacial score (nSPS) is 11.5. The van der Waals surface area contributed by atoms with Gasteiger partial charge in [0.05, 0.1) is 26.2 Å². The highest BCUT2D eigenvalue weighted by Gasteiger charge is 2.17. The molecule has 2 rings (SSSR count). The molecule has 6 nitrogen and oxygen atoms in total. The summed E-state index contributed by atoms with van der Waals surface area (Å²) in [6, 6.07) is 13.0. The molecule has 0 saturated heterocycles. The molecule has 0 saturated carbocycles. The van der Waals surface area contributed by atoms with Gasteiger partial charge in [-0.2, -0.15) is 0 Å². The highest BCUT2D eigenvalue weighted by molar-refractivity contribution is 5.91. The van der Waals surface area contributed by atoms with E-state index in [-0.39, 0.29) is 12.2 Å². The lowest BCUT2D eigenvalue weighted by molar-refractivity contribution is -0.141. The molecule has 0 aliphatic heterocycles. The van der Waals surface area contributed by atoms with Gasteiger partial charge in [-0.15, -0.1) is 0 Å². The van der Waals surface area contributed by atoms with Crippen LogP contribution in [0.4, 0.5) is 0 Å². The first-order chi connectivity index (χ1) is 11.5. The molecule has 0 aromatic heterocycles.